The minimum Gasteiger partial charge on any atom is -0.478 e. The van der Waals surface area contributed by atoms with Gasteiger partial charge < -0.3 is 14.9 Å². The molecule has 0 rings (SSSR count). The van der Waals surface area contributed by atoms with E-state index in [1.54, 1.807) is 13.8 Å². The molecule has 0 unspecified atom stereocenters. The molecule has 0 heterocycles. The molecule has 0 radical (unpaired) electrons. The lowest BCUT2D eigenvalue weighted by Crippen LogP contribution is -2.00. The number of rotatable bonds is 3. The van der Waals surface area contributed by atoms with Gasteiger partial charge in [0.05, 0.1) is 6.61 Å². The van der Waals surface area contributed by atoms with Crippen molar-refractivity contribution in [2.24, 2.45) is 0 Å². The zero-order valence-corrected chi connectivity index (χ0v) is 7.69. The van der Waals surface area contributed by atoms with Crippen molar-refractivity contribution in [3.63, 3.8) is 0 Å². The Hall–Kier alpha value is -1.36. The van der Waals surface area contributed by atoms with Crippen LogP contribution in [0.15, 0.2) is 12.2 Å². The number of ether oxygens (including phenoxy) is 1. The van der Waals surface area contributed by atoms with Gasteiger partial charge in [0.2, 0.25) is 0 Å². The number of aliphatic carboxylic acids is 1. The van der Waals surface area contributed by atoms with E-state index in [1.165, 1.54) is 0 Å². The lowest BCUT2D eigenvalue weighted by Gasteiger charge is -1.92. The molecule has 0 aliphatic rings. The van der Waals surface area contributed by atoms with Crippen molar-refractivity contribution in [1.82, 2.24) is 0 Å². The fraction of sp³-hybridized carbons (Fsp3) is 0.500. The molecule has 0 saturated heterocycles. The van der Waals surface area contributed by atoms with Crippen molar-refractivity contribution in [3.05, 3.63) is 12.2 Å². The summed E-state index contributed by atoms with van der Waals surface area (Å²) in [5, 5.41) is 15.6. The standard InChI is InChI=1S/C6H8O4.C2H6O/c1-2-10-6(9)4-3-5(7)8;1-2-3/h3-4H,2H2,1H3,(H,7,8);3H,2H2,1H3/b4-3-;. The van der Waals surface area contributed by atoms with Gasteiger partial charge in [-0.2, -0.15) is 0 Å². The third-order valence-electron chi connectivity index (χ3n) is 0.649. The van der Waals surface area contributed by atoms with Crippen molar-refractivity contribution in [3.8, 4) is 0 Å². The largest absolute Gasteiger partial charge is 0.478 e. The molecule has 5 heteroatoms. The van der Waals surface area contributed by atoms with Crippen LogP contribution >= 0.6 is 0 Å². The molecule has 0 amide bonds. The highest BCUT2D eigenvalue weighted by molar-refractivity contribution is 5.90. The van der Waals surface area contributed by atoms with E-state index in [-0.39, 0.29) is 13.2 Å². The second kappa shape index (κ2) is 10.6. The van der Waals surface area contributed by atoms with Crippen LogP contribution in [0.25, 0.3) is 0 Å². The summed E-state index contributed by atoms with van der Waals surface area (Å²) in [6.45, 7) is 3.83. The number of carboxylic acid groups (broad SMARTS) is 1. The molecule has 0 aromatic rings. The lowest BCUT2D eigenvalue weighted by atomic mass is 10.5. The number of hydrogen-bond donors (Lipinski definition) is 2. The summed E-state index contributed by atoms with van der Waals surface area (Å²) in [5.74, 6) is -1.79. The van der Waals surface area contributed by atoms with Crippen LogP contribution in [0.3, 0.4) is 0 Å². The molecule has 0 saturated carbocycles. The number of aliphatic hydroxyl groups excluding tert-OH is 1. The van der Waals surface area contributed by atoms with Gasteiger partial charge in [-0.05, 0) is 13.8 Å². The van der Waals surface area contributed by atoms with Crippen molar-refractivity contribution >= 4 is 11.9 Å². The van der Waals surface area contributed by atoms with Gasteiger partial charge in [-0.1, -0.05) is 0 Å². The summed E-state index contributed by atoms with van der Waals surface area (Å²) in [7, 11) is 0. The number of carboxylic acids is 1. The topological polar surface area (TPSA) is 83.8 Å². The first-order valence-corrected chi connectivity index (χ1v) is 3.77. The van der Waals surface area contributed by atoms with Gasteiger partial charge in [-0.3, -0.25) is 0 Å². The quantitative estimate of drug-likeness (QED) is 0.490. The minimum atomic E-state index is -1.16. The maximum Gasteiger partial charge on any atom is 0.330 e. The molecule has 0 aliphatic carbocycles. The Morgan fingerprint density at radius 1 is 1.31 bits per heavy atom. The molecule has 0 spiro atoms. The normalized spacial score (nSPS) is 8.85. The number of aliphatic hydroxyl groups is 1. The van der Waals surface area contributed by atoms with E-state index in [4.69, 9.17) is 10.2 Å². The maximum atomic E-state index is 10.4. The molecule has 0 bridgehead atoms. The second-order valence-electron chi connectivity index (χ2n) is 1.74. The Labute approximate surface area is 76.6 Å². The van der Waals surface area contributed by atoms with E-state index in [9.17, 15) is 9.59 Å². The predicted octanol–water partition coefficient (Wildman–Crippen LogP) is 0.189. The third-order valence-corrected chi connectivity index (χ3v) is 0.649. The highest BCUT2D eigenvalue weighted by atomic mass is 16.5. The zero-order valence-electron chi connectivity index (χ0n) is 7.69. The highest BCUT2D eigenvalue weighted by Crippen LogP contribution is 1.80. The lowest BCUT2D eigenvalue weighted by molar-refractivity contribution is -0.138. The summed E-state index contributed by atoms with van der Waals surface area (Å²) in [4.78, 5) is 20.2. The zero-order chi connectivity index (χ0) is 10.7. The van der Waals surface area contributed by atoms with Gasteiger partial charge in [0.1, 0.15) is 0 Å². The van der Waals surface area contributed by atoms with Gasteiger partial charge in [-0.25, -0.2) is 9.59 Å². The van der Waals surface area contributed by atoms with Gasteiger partial charge in [-0.15, -0.1) is 0 Å². The van der Waals surface area contributed by atoms with Crippen LogP contribution in [0.5, 0.6) is 0 Å². The first-order chi connectivity index (χ1) is 6.08. The number of esters is 1. The van der Waals surface area contributed by atoms with Gasteiger partial charge in [0.15, 0.2) is 0 Å². The van der Waals surface area contributed by atoms with Gasteiger partial charge in [0, 0.05) is 18.8 Å². The molecule has 0 aromatic carbocycles. The average molecular weight is 190 g/mol. The van der Waals surface area contributed by atoms with Crippen LogP contribution in [0, 0.1) is 0 Å². The molecule has 13 heavy (non-hydrogen) atoms. The monoisotopic (exact) mass is 190 g/mol. The number of hydrogen-bond acceptors (Lipinski definition) is 4. The maximum absolute atomic E-state index is 10.4. The summed E-state index contributed by atoms with van der Waals surface area (Å²) in [6, 6.07) is 0. The van der Waals surface area contributed by atoms with Crippen molar-refractivity contribution in [1.29, 1.82) is 0 Å². The molecular weight excluding hydrogens is 176 g/mol. The Kier molecular flexibility index (Phi) is 11.6. The third kappa shape index (κ3) is 18.0. The minimum absolute atomic E-state index is 0.250. The molecular formula is C8H14O5. The van der Waals surface area contributed by atoms with Crippen LogP contribution in [0.4, 0.5) is 0 Å². The predicted molar refractivity (Wildman–Crippen MR) is 46.2 cm³/mol. The molecule has 2 N–H and O–H groups in total. The van der Waals surface area contributed by atoms with E-state index in [1.807, 2.05) is 0 Å². The number of carbonyl (C=O) groups is 2. The summed E-state index contributed by atoms with van der Waals surface area (Å²) >= 11 is 0. The van der Waals surface area contributed by atoms with E-state index < -0.39 is 11.9 Å². The highest BCUT2D eigenvalue weighted by Gasteiger charge is 1.94. The summed E-state index contributed by atoms with van der Waals surface area (Å²) in [6.07, 6.45) is 1.60. The van der Waals surface area contributed by atoms with Crippen LogP contribution in [0.2, 0.25) is 0 Å². The fourth-order valence-corrected chi connectivity index (χ4v) is 0.330. The molecule has 0 atom stereocenters. The van der Waals surface area contributed by atoms with Crippen molar-refractivity contribution < 1.29 is 24.5 Å². The summed E-state index contributed by atoms with van der Waals surface area (Å²) < 4.78 is 4.40. The fourth-order valence-electron chi connectivity index (χ4n) is 0.330. The molecule has 5 nitrogen and oxygen atoms in total. The first-order valence-electron chi connectivity index (χ1n) is 3.77. The van der Waals surface area contributed by atoms with E-state index >= 15 is 0 Å². The Morgan fingerprint density at radius 2 is 1.77 bits per heavy atom. The van der Waals surface area contributed by atoms with Gasteiger partial charge in [0.25, 0.3) is 0 Å². The molecule has 0 aliphatic heterocycles. The summed E-state index contributed by atoms with van der Waals surface area (Å²) in [5.41, 5.74) is 0. The first kappa shape index (κ1) is 14.2. The van der Waals surface area contributed by atoms with E-state index in [0.29, 0.717) is 0 Å². The van der Waals surface area contributed by atoms with Crippen LogP contribution in [-0.2, 0) is 14.3 Å². The Morgan fingerprint density at radius 3 is 2.08 bits per heavy atom. The molecule has 76 valence electrons. The van der Waals surface area contributed by atoms with E-state index in [0.717, 1.165) is 12.2 Å². The number of carbonyl (C=O) groups excluding carboxylic acids is 1. The SMILES string of the molecule is CCO.CCOC(=O)/C=C\C(=O)O. The van der Waals surface area contributed by atoms with Crippen LogP contribution in [0.1, 0.15) is 13.8 Å². The van der Waals surface area contributed by atoms with Gasteiger partial charge >= 0.3 is 11.9 Å². The van der Waals surface area contributed by atoms with Crippen LogP contribution < -0.4 is 0 Å². The van der Waals surface area contributed by atoms with Crippen LogP contribution in [-0.4, -0.2) is 35.4 Å². The molecule has 0 fully saturated rings. The van der Waals surface area contributed by atoms with Crippen molar-refractivity contribution in [2.45, 2.75) is 13.8 Å². The smallest absolute Gasteiger partial charge is 0.330 e. The van der Waals surface area contributed by atoms with E-state index in [2.05, 4.69) is 4.74 Å². The average Bonchev–Trinajstić information content (AvgIpc) is 2.03. The van der Waals surface area contributed by atoms with Crippen molar-refractivity contribution in [2.75, 3.05) is 13.2 Å². The Bertz CT molecular complexity index is 173. The molecule has 0 aromatic heterocycles. The second-order valence-corrected chi connectivity index (χ2v) is 1.74. The Balaban J connectivity index is 0.